The van der Waals surface area contributed by atoms with Crippen LogP contribution in [-0.4, -0.2) is 77.7 Å². The van der Waals surface area contributed by atoms with Crippen molar-refractivity contribution in [2.75, 3.05) is 38.6 Å². The van der Waals surface area contributed by atoms with Crippen LogP contribution >= 0.6 is 0 Å². The van der Waals surface area contributed by atoms with Gasteiger partial charge in [-0.15, -0.1) is 0 Å². The molecule has 0 unspecified atom stereocenters. The predicted molar refractivity (Wildman–Crippen MR) is 181 cm³/mol. The zero-order valence-corrected chi connectivity index (χ0v) is 28.1. The van der Waals surface area contributed by atoms with E-state index >= 15 is 0 Å². The smallest absolute Gasteiger partial charge is 0.253 e. The molecule has 0 bridgehead atoms. The minimum Gasteiger partial charge on any atom is -0.445 e. The van der Waals surface area contributed by atoms with Crippen molar-refractivity contribution < 1.29 is 27.9 Å². The SMILES string of the molecule is CCCN(CCC)C(=O)c1cc(C(=O)N[C@@H](Cc2cc(F)cc(F)c2)[C@H](O)CNCc2ccnc(N(C)C)c2C)cc(-c2ncco2)c1. The average molecular weight is 663 g/mol. The number of aliphatic hydroxyl groups excluding tert-OH is 1. The van der Waals surface area contributed by atoms with Gasteiger partial charge in [0.25, 0.3) is 11.8 Å². The highest BCUT2D eigenvalue weighted by atomic mass is 19.1. The van der Waals surface area contributed by atoms with E-state index in [1.807, 2.05) is 45.8 Å². The zero-order chi connectivity index (χ0) is 34.8. The number of rotatable bonds is 16. The topological polar surface area (TPSA) is 124 Å². The molecule has 0 aliphatic heterocycles. The van der Waals surface area contributed by atoms with E-state index in [9.17, 15) is 23.5 Å². The quantitative estimate of drug-likeness (QED) is 0.151. The van der Waals surface area contributed by atoms with Crippen LogP contribution in [0.1, 0.15) is 64.1 Å². The number of oxazole rings is 1. The van der Waals surface area contributed by atoms with E-state index in [0.717, 1.165) is 35.9 Å². The van der Waals surface area contributed by atoms with Crippen LogP contribution in [0, 0.1) is 18.6 Å². The Labute approximate surface area is 280 Å². The van der Waals surface area contributed by atoms with E-state index in [2.05, 4.69) is 20.6 Å². The summed E-state index contributed by atoms with van der Waals surface area (Å²) in [7, 11) is 3.82. The molecule has 48 heavy (non-hydrogen) atoms. The summed E-state index contributed by atoms with van der Waals surface area (Å²) in [5, 5.41) is 17.5. The fraction of sp³-hybridized carbons (Fsp3) is 0.389. The Bertz CT molecular complexity index is 1650. The van der Waals surface area contributed by atoms with Crippen LogP contribution in [0.4, 0.5) is 14.6 Å². The Morgan fingerprint density at radius 3 is 2.27 bits per heavy atom. The summed E-state index contributed by atoms with van der Waals surface area (Å²) in [5.74, 6) is -1.30. The number of nitrogens with one attached hydrogen (secondary N) is 2. The molecule has 0 fully saturated rings. The number of carbonyl (C=O) groups is 2. The molecule has 0 spiro atoms. The predicted octanol–water partition coefficient (Wildman–Crippen LogP) is 5.14. The van der Waals surface area contributed by atoms with E-state index in [4.69, 9.17) is 4.42 Å². The monoisotopic (exact) mass is 662 g/mol. The third kappa shape index (κ3) is 9.45. The number of pyridine rings is 1. The zero-order valence-electron chi connectivity index (χ0n) is 28.1. The van der Waals surface area contributed by atoms with Gasteiger partial charge in [-0.2, -0.15) is 0 Å². The number of aromatic nitrogens is 2. The van der Waals surface area contributed by atoms with Gasteiger partial charge in [-0.05, 0) is 79.3 Å². The van der Waals surface area contributed by atoms with Crippen molar-refractivity contribution in [3.63, 3.8) is 0 Å². The van der Waals surface area contributed by atoms with Gasteiger partial charge in [0, 0.05) is 69.2 Å². The second kappa shape index (κ2) is 16.9. The Morgan fingerprint density at radius 1 is 0.958 bits per heavy atom. The molecule has 0 aliphatic rings. The van der Waals surface area contributed by atoms with Gasteiger partial charge in [-0.25, -0.2) is 18.7 Å². The molecular formula is C36H44F2N6O4. The van der Waals surface area contributed by atoms with Gasteiger partial charge in [0.1, 0.15) is 23.7 Å². The molecule has 12 heteroatoms. The summed E-state index contributed by atoms with van der Waals surface area (Å²) in [5.41, 5.74) is 3.08. The highest BCUT2D eigenvalue weighted by Crippen LogP contribution is 2.23. The lowest BCUT2D eigenvalue weighted by atomic mass is 9.99. The molecule has 0 saturated carbocycles. The molecule has 2 amide bonds. The van der Waals surface area contributed by atoms with Gasteiger partial charge in [0.15, 0.2) is 0 Å². The maximum atomic E-state index is 14.1. The van der Waals surface area contributed by atoms with Crippen LogP contribution in [0.2, 0.25) is 0 Å². The van der Waals surface area contributed by atoms with Gasteiger partial charge >= 0.3 is 0 Å². The minimum atomic E-state index is -1.16. The lowest BCUT2D eigenvalue weighted by molar-refractivity contribution is 0.0755. The van der Waals surface area contributed by atoms with Crippen molar-refractivity contribution >= 4 is 17.6 Å². The van der Waals surface area contributed by atoms with Gasteiger partial charge in [-0.3, -0.25) is 9.59 Å². The van der Waals surface area contributed by atoms with E-state index < -0.39 is 29.7 Å². The summed E-state index contributed by atoms with van der Waals surface area (Å²) >= 11 is 0. The van der Waals surface area contributed by atoms with Crippen molar-refractivity contribution in [1.29, 1.82) is 0 Å². The maximum absolute atomic E-state index is 14.1. The fourth-order valence-electron chi connectivity index (χ4n) is 5.63. The lowest BCUT2D eigenvalue weighted by Crippen LogP contribution is -2.48. The normalized spacial score (nSPS) is 12.4. The number of amides is 2. The number of benzene rings is 2. The van der Waals surface area contributed by atoms with Crippen molar-refractivity contribution in [3.8, 4) is 11.5 Å². The molecule has 256 valence electrons. The van der Waals surface area contributed by atoms with Crippen LogP contribution in [0.5, 0.6) is 0 Å². The highest BCUT2D eigenvalue weighted by Gasteiger charge is 2.25. The molecule has 0 saturated heterocycles. The molecule has 0 radical (unpaired) electrons. The largest absolute Gasteiger partial charge is 0.445 e. The van der Waals surface area contributed by atoms with E-state index in [1.165, 1.54) is 30.7 Å². The molecular weight excluding hydrogens is 618 g/mol. The average Bonchev–Trinajstić information content (AvgIpc) is 3.59. The first-order valence-electron chi connectivity index (χ1n) is 16.1. The molecule has 10 nitrogen and oxygen atoms in total. The first kappa shape index (κ1) is 36.2. The third-order valence-corrected chi connectivity index (χ3v) is 7.94. The van der Waals surface area contributed by atoms with Crippen LogP contribution in [0.15, 0.2) is 65.5 Å². The van der Waals surface area contributed by atoms with Gasteiger partial charge in [-0.1, -0.05) is 13.8 Å². The van der Waals surface area contributed by atoms with E-state index in [0.29, 0.717) is 25.2 Å². The number of carbonyl (C=O) groups excluding carboxylic acids is 2. The van der Waals surface area contributed by atoms with Crippen LogP contribution in [-0.2, 0) is 13.0 Å². The van der Waals surface area contributed by atoms with Crippen molar-refractivity contribution in [2.24, 2.45) is 0 Å². The second-order valence-corrected chi connectivity index (χ2v) is 12.0. The number of hydrogen-bond donors (Lipinski definition) is 3. The van der Waals surface area contributed by atoms with Crippen molar-refractivity contribution in [2.45, 2.75) is 58.7 Å². The first-order chi connectivity index (χ1) is 23.0. The standard InChI is InChI=1S/C36H44F2N6O4/c1-6-11-44(12-7-2)36(47)28-18-26(17-27(19-28)35-41-10-13-48-35)34(46)42-31(16-24-14-29(37)20-30(38)15-24)32(45)22-39-21-25-8-9-40-33(23(25)3)43(4)5/h8-10,13-15,17-20,31-32,39,45H,6-7,11-12,16,21-22H2,1-5H3,(H,42,46)/t31-,32+/m0/s1. The number of hydrogen-bond acceptors (Lipinski definition) is 8. The Morgan fingerprint density at radius 2 is 1.65 bits per heavy atom. The summed E-state index contributed by atoms with van der Waals surface area (Å²) in [6.45, 7) is 7.52. The molecule has 0 aliphatic carbocycles. The Balaban J connectivity index is 1.61. The molecule has 2 aromatic carbocycles. The summed E-state index contributed by atoms with van der Waals surface area (Å²) in [6, 6.07) is 8.73. The highest BCUT2D eigenvalue weighted by molar-refractivity contribution is 6.01. The van der Waals surface area contributed by atoms with Gasteiger partial charge < -0.3 is 30.0 Å². The lowest BCUT2D eigenvalue weighted by Gasteiger charge is -2.26. The second-order valence-electron chi connectivity index (χ2n) is 12.0. The van der Waals surface area contributed by atoms with Crippen LogP contribution < -0.4 is 15.5 Å². The number of anilines is 1. The van der Waals surface area contributed by atoms with Crippen LogP contribution in [0.25, 0.3) is 11.5 Å². The molecule has 3 N–H and O–H groups in total. The summed E-state index contributed by atoms with van der Waals surface area (Å²) < 4.78 is 33.8. The fourth-order valence-corrected chi connectivity index (χ4v) is 5.63. The van der Waals surface area contributed by atoms with Crippen molar-refractivity contribution in [3.05, 3.63) is 101 Å². The first-order valence-corrected chi connectivity index (χ1v) is 16.1. The van der Waals surface area contributed by atoms with E-state index in [-0.39, 0.29) is 41.5 Å². The number of aliphatic hydroxyl groups is 1. The maximum Gasteiger partial charge on any atom is 0.253 e. The molecule has 2 heterocycles. The van der Waals surface area contributed by atoms with Crippen molar-refractivity contribution in [1.82, 2.24) is 25.5 Å². The minimum absolute atomic E-state index is 0.0604. The number of halogens is 2. The van der Waals surface area contributed by atoms with E-state index in [1.54, 1.807) is 23.2 Å². The third-order valence-electron chi connectivity index (χ3n) is 7.94. The van der Waals surface area contributed by atoms with Gasteiger partial charge in [0.2, 0.25) is 5.89 Å². The molecule has 4 aromatic rings. The molecule has 4 rings (SSSR count). The molecule has 2 atom stereocenters. The molecule has 2 aromatic heterocycles. The Hall–Kier alpha value is -4.68. The number of nitrogens with zero attached hydrogens (tertiary/aromatic N) is 4. The van der Waals surface area contributed by atoms with Crippen LogP contribution in [0.3, 0.4) is 0 Å². The van der Waals surface area contributed by atoms with Gasteiger partial charge in [0.05, 0.1) is 18.3 Å². The summed E-state index contributed by atoms with van der Waals surface area (Å²) in [6.07, 6.45) is 4.90. The summed E-state index contributed by atoms with van der Waals surface area (Å²) in [4.78, 5) is 39.7. The Kier molecular flexibility index (Phi) is 12.8.